The first-order valence-corrected chi connectivity index (χ1v) is 5.75. The van der Waals surface area contributed by atoms with Crippen molar-refractivity contribution in [2.45, 2.75) is 30.5 Å². The summed E-state index contributed by atoms with van der Waals surface area (Å²) in [5.74, 6) is 1.05. The van der Waals surface area contributed by atoms with Gasteiger partial charge < -0.3 is 5.11 Å². The molecule has 70 valence electrons. The lowest BCUT2D eigenvalue weighted by Gasteiger charge is -2.28. The molecule has 0 bridgehead atoms. The van der Waals surface area contributed by atoms with E-state index in [9.17, 15) is 5.11 Å². The number of hydrogen-bond donors (Lipinski definition) is 1. The first-order chi connectivity index (χ1) is 6.33. The first-order valence-electron chi connectivity index (χ1n) is 4.70. The van der Waals surface area contributed by atoms with Crippen molar-refractivity contribution in [1.82, 2.24) is 0 Å². The normalized spacial score (nSPS) is 26.9. The Balaban J connectivity index is 2.33. The van der Waals surface area contributed by atoms with E-state index in [2.05, 4.69) is 13.0 Å². The van der Waals surface area contributed by atoms with Gasteiger partial charge in [0.2, 0.25) is 0 Å². The van der Waals surface area contributed by atoms with Crippen LogP contribution >= 0.6 is 11.8 Å². The molecule has 2 atom stereocenters. The third kappa shape index (κ3) is 1.61. The van der Waals surface area contributed by atoms with Crippen LogP contribution in [0.4, 0.5) is 0 Å². The molecule has 1 heterocycles. The van der Waals surface area contributed by atoms with Crippen LogP contribution in [-0.2, 0) is 5.75 Å². The maximum absolute atomic E-state index is 10.0. The van der Waals surface area contributed by atoms with E-state index in [1.807, 2.05) is 30.0 Å². The lowest BCUT2D eigenvalue weighted by atomic mass is 9.99. The van der Waals surface area contributed by atoms with Crippen LogP contribution in [0.15, 0.2) is 24.3 Å². The first kappa shape index (κ1) is 9.10. The third-order valence-electron chi connectivity index (χ3n) is 2.58. The van der Waals surface area contributed by atoms with E-state index in [0.717, 1.165) is 17.7 Å². The molecule has 2 rings (SSSR count). The molecule has 13 heavy (non-hydrogen) atoms. The maximum atomic E-state index is 10.0. The Morgan fingerprint density at radius 1 is 1.46 bits per heavy atom. The lowest BCUT2D eigenvalue weighted by molar-refractivity contribution is 0.170. The average molecular weight is 194 g/mol. The highest BCUT2D eigenvalue weighted by Crippen LogP contribution is 2.38. The van der Waals surface area contributed by atoms with Gasteiger partial charge in [-0.1, -0.05) is 31.2 Å². The summed E-state index contributed by atoms with van der Waals surface area (Å²) in [6.45, 7) is 2.13. The second kappa shape index (κ2) is 3.72. The molecule has 2 unspecified atom stereocenters. The second-order valence-electron chi connectivity index (χ2n) is 3.40. The van der Waals surface area contributed by atoms with Crippen LogP contribution < -0.4 is 0 Å². The van der Waals surface area contributed by atoms with E-state index in [4.69, 9.17) is 0 Å². The Morgan fingerprint density at radius 3 is 3.00 bits per heavy atom. The zero-order valence-electron chi connectivity index (χ0n) is 7.73. The fourth-order valence-electron chi connectivity index (χ4n) is 1.78. The van der Waals surface area contributed by atoms with Gasteiger partial charge in [-0.25, -0.2) is 0 Å². The van der Waals surface area contributed by atoms with Crippen LogP contribution in [0, 0.1) is 0 Å². The van der Waals surface area contributed by atoms with E-state index in [-0.39, 0.29) is 6.10 Å². The number of benzene rings is 1. The fraction of sp³-hybridized carbons (Fsp3) is 0.455. The molecule has 0 radical (unpaired) electrons. The number of aliphatic hydroxyl groups excluding tert-OH is 1. The van der Waals surface area contributed by atoms with Crippen LogP contribution in [0.3, 0.4) is 0 Å². The number of fused-ring (bicyclic) bond motifs is 1. The maximum Gasteiger partial charge on any atom is 0.0911 e. The summed E-state index contributed by atoms with van der Waals surface area (Å²) in [7, 11) is 0. The molecule has 0 saturated heterocycles. The second-order valence-corrected chi connectivity index (χ2v) is 4.63. The zero-order chi connectivity index (χ0) is 9.26. The standard InChI is InChI=1S/C11H14OS/c1-2-10-11(12)9-6-4-3-5-8(9)7-13-10/h3-6,10-12H,2,7H2,1H3. The number of hydrogen-bond acceptors (Lipinski definition) is 2. The van der Waals surface area contributed by atoms with Crippen LogP contribution in [0.1, 0.15) is 30.6 Å². The molecular formula is C11H14OS. The predicted octanol–water partition coefficient (Wildman–Crippen LogP) is 2.75. The summed E-state index contributed by atoms with van der Waals surface area (Å²) in [6, 6.07) is 8.20. The van der Waals surface area contributed by atoms with E-state index in [1.165, 1.54) is 5.56 Å². The van der Waals surface area contributed by atoms with E-state index in [1.54, 1.807) is 0 Å². The monoisotopic (exact) mass is 194 g/mol. The largest absolute Gasteiger partial charge is 0.387 e. The molecule has 0 saturated carbocycles. The Labute approximate surface area is 83.2 Å². The summed E-state index contributed by atoms with van der Waals surface area (Å²) in [6.07, 6.45) is 0.778. The van der Waals surface area contributed by atoms with Crippen molar-refractivity contribution in [1.29, 1.82) is 0 Å². The van der Waals surface area contributed by atoms with Crippen LogP contribution in [0.5, 0.6) is 0 Å². The summed E-state index contributed by atoms with van der Waals surface area (Å²) in [5, 5.41) is 10.4. The van der Waals surface area contributed by atoms with Gasteiger partial charge in [-0.05, 0) is 17.5 Å². The van der Waals surface area contributed by atoms with Gasteiger partial charge in [0.05, 0.1) is 6.10 Å². The zero-order valence-corrected chi connectivity index (χ0v) is 8.55. The van der Waals surface area contributed by atoms with E-state index < -0.39 is 0 Å². The molecule has 1 nitrogen and oxygen atoms in total. The molecule has 0 spiro atoms. The molecule has 1 aliphatic heterocycles. The number of aliphatic hydroxyl groups is 1. The van der Waals surface area contributed by atoms with Crippen molar-refractivity contribution in [3.05, 3.63) is 35.4 Å². The van der Waals surface area contributed by atoms with Crippen LogP contribution in [0.2, 0.25) is 0 Å². The van der Waals surface area contributed by atoms with Gasteiger partial charge in [0.25, 0.3) is 0 Å². The Hall–Kier alpha value is -0.470. The fourth-order valence-corrected chi connectivity index (χ4v) is 3.00. The lowest BCUT2D eigenvalue weighted by Crippen LogP contribution is -2.20. The molecule has 0 fully saturated rings. The highest BCUT2D eigenvalue weighted by atomic mass is 32.2. The molecule has 1 aromatic carbocycles. The molecule has 0 amide bonds. The summed E-state index contributed by atoms with van der Waals surface area (Å²) < 4.78 is 0. The molecule has 1 aliphatic rings. The van der Waals surface area contributed by atoms with Crippen molar-refractivity contribution in [2.24, 2.45) is 0 Å². The average Bonchev–Trinajstić information content (AvgIpc) is 2.19. The summed E-state index contributed by atoms with van der Waals surface area (Å²) in [5.41, 5.74) is 2.43. The molecule has 0 aromatic heterocycles. The topological polar surface area (TPSA) is 20.2 Å². The predicted molar refractivity (Wildman–Crippen MR) is 56.8 cm³/mol. The Bertz CT molecular complexity index is 298. The molecular weight excluding hydrogens is 180 g/mol. The Kier molecular flexibility index (Phi) is 2.61. The highest BCUT2D eigenvalue weighted by Gasteiger charge is 2.26. The van der Waals surface area contributed by atoms with Crippen LogP contribution in [-0.4, -0.2) is 10.4 Å². The van der Waals surface area contributed by atoms with Crippen molar-refractivity contribution >= 4 is 11.8 Å². The molecule has 1 aromatic rings. The molecule has 1 N–H and O–H groups in total. The highest BCUT2D eigenvalue weighted by molar-refractivity contribution is 7.99. The quantitative estimate of drug-likeness (QED) is 0.741. The minimum absolute atomic E-state index is 0.264. The van der Waals surface area contributed by atoms with Gasteiger partial charge in [-0.15, -0.1) is 0 Å². The number of thioether (sulfide) groups is 1. The molecule has 0 aliphatic carbocycles. The summed E-state index contributed by atoms with van der Waals surface area (Å²) in [4.78, 5) is 0. The van der Waals surface area contributed by atoms with Crippen molar-refractivity contribution in [3.8, 4) is 0 Å². The van der Waals surface area contributed by atoms with Gasteiger partial charge in [0.15, 0.2) is 0 Å². The van der Waals surface area contributed by atoms with E-state index in [0.29, 0.717) is 5.25 Å². The van der Waals surface area contributed by atoms with Gasteiger partial charge in [-0.3, -0.25) is 0 Å². The van der Waals surface area contributed by atoms with Crippen molar-refractivity contribution in [3.63, 3.8) is 0 Å². The van der Waals surface area contributed by atoms with Crippen molar-refractivity contribution in [2.75, 3.05) is 0 Å². The minimum atomic E-state index is -0.264. The van der Waals surface area contributed by atoms with Gasteiger partial charge in [0.1, 0.15) is 0 Å². The van der Waals surface area contributed by atoms with Crippen molar-refractivity contribution < 1.29 is 5.11 Å². The van der Waals surface area contributed by atoms with Crippen LogP contribution in [0.25, 0.3) is 0 Å². The smallest absolute Gasteiger partial charge is 0.0911 e. The third-order valence-corrected chi connectivity index (χ3v) is 4.08. The van der Waals surface area contributed by atoms with Gasteiger partial charge in [0, 0.05) is 11.0 Å². The Morgan fingerprint density at radius 2 is 2.23 bits per heavy atom. The van der Waals surface area contributed by atoms with Gasteiger partial charge >= 0.3 is 0 Å². The number of rotatable bonds is 1. The molecule has 2 heteroatoms. The SMILES string of the molecule is CCC1SCc2ccccc2C1O. The van der Waals surface area contributed by atoms with E-state index >= 15 is 0 Å². The van der Waals surface area contributed by atoms with Gasteiger partial charge in [-0.2, -0.15) is 11.8 Å². The summed E-state index contributed by atoms with van der Waals surface area (Å²) >= 11 is 1.86. The minimum Gasteiger partial charge on any atom is -0.387 e.